The van der Waals surface area contributed by atoms with Gasteiger partial charge in [0, 0.05) is 24.3 Å². The van der Waals surface area contributed by atoms with Gasteiger partial charge in [0.15, 0.2) is 5.89 Å². The first-order valence-corrected chi connectivity index (χ1v) is 8.23. The second kappa shape index (κ2) is 7.59. The van der Waals surface area contributed by atoms with Crippen LogP contribution in [0.4, 0.5) is 5.69 Å². The standard InChI is InChI=1S/C19H26N2O4/c1-12-15(25-18(20-12)19(2,3)4)9-10-17(22)21-14-11-13(23-5)7-8-16(14)24-6/h7-8,11H,9-10H2,1-6H3,(H,21,22). The third-order valence-electron chi connectivity index (χ3n) is 3.79. The summed E-state index contributed by atoms with van der Waals surface area (Å²) in [5.41, 5.74) is 1.26. The van der Waals surface area contributed by atoms with Crippen LogP contribution in [0.5, 0.6) is 11.5 Å². The number of carbonyl (C=O) groups excluding carboxylic acids is 1. The predicted molar refractivity (Wildman–Crippen MR) is 96.4 cm³/mol. The number of nitrogens with zero attached hydrogens (tertiary/aromatic N) is 1. The first-order valence-electron chi connectivity index (χ1n) is 8.23. The largest absolute Gasteiger partial charge is 0.497 e. The smallest absolute Gasteiger partial charge is 0.224 e. The van der Waals surface area contributed by atoms with Crippen molar-refractivity contribution in [2.75, 3.05) is 19.5 Å². The number of oxazole rings is 1. The lowest BCUT2D eigenvalue weighted by Crippen LogP contribution is -2.13. The lowest BCUT2D eigenvalue weighted by atomic mass is 9.97. The van der Waals surface area contributed by atoms with Gasteiger partial charge in [-0.05, 0) is 19.1 Å². The van der Waals surface area contributed by atoms with Crippen LogP contribution < -0.4 is 14.8 Å². The second-order valence-electron chi connectivity index (χ2n) is 6.89. The molecule has 1 amide bonds. The van der Waals surface area contributed by atoms with Crippen molar-refractivity contribution in [1.82, 2.24) is 4.98 Å². The lowest BCUT2D eigenvalue weighted by molar-refractivity contribution is -0.116. The number of hydrogen-bond donors (Lipinski definition) is 1. The molecule has 1 aromatic heterocycles. The minimum Gasteiger partial charge on any atom is -0.497 e. The first-order chi connectivity index (χ1) is 11.7. The molecule has 2 rings (SSSR count). The Morgan fingerprint density at radius 1 is 1.24 bits per heavy atom. The van der Waals surface area contributed by atoms with Gasteiger partial charge in [0.05, 0.1) is 25.6 Å². The number of methoxy groups -OCH3 is 2. The van der Waals surface area contributed by atoms with E-state index in [1.807, 2.05) is 27.7 Å². The zero-order valence-corrected chi connectivity index (χ0v) is 15.7. The molecule has 136 valence electrons. The molecule has 6 heteroatoms. The van der Waals surface area contributed by atoms with Crippen molar-refractivity contribution < 1.29 is 18.7 Å². The Bertz CT molecular complexity index is 744. The highest BCUT2D eigenvalue weighted by Gasteiger charge is 2.22. The van der Waals surface area contributed by atoms with Crippen molar-refractivity contribution in [3.63, 3.8) is 0 Å². The minimum absolute atomic E-state index is 0.125. The van der Waals surface area contributed by atoms with Crippen molar-refractivity contribution >= 4 is 11.6 Å². The zero-order valence-electron chi connectivity index (χ0n) is 15.7. The molecule has 0 bridgehead atoms. The normalized spacial score (nSPS) is 11.3. The Morgan fingerprint density at radius 2 is 1.96 bits per heavy atom. The summed E-state index contributed by atoms with van der Waals surface area (Å²) in [7, 11) is 3.14. The Balaban J connectivity index is 2.03. The summed E-state index contributed by atoms with van der Waals surface area (Å²) in [6.45, 7) is 8.04. The van der Waals surface area contributed by atoms with Crippen LogP contribution in [0.2, 0.25) is 0 Å². The zero-order chi connectivity index (χ0) is 18.6. The number of carbonyl (C=O) groups is 1. The van der Waals surface area contributed by atoms with Gasteiger partial charge < -0.3 is 19.2 Å². The Labute approximate surface area is 148 Å². The maximum atomic E-state index is 12.3. The number of anilines is 1. The van der Waals surface area contributed by atoms with E-state index in [1.54, 1.807) is 32.4 Å². The number of amides is 1. The fourth-order valence-electron chi connectivity index (χ4n) is 2.33. The summed E-state index contributed by atoms with van der Waals surface area (Å²) >= 11 is 0. The fraction of sp³-hybridized carbons (Fsp3) is 0.474. The SMILES string of the molecule is COc1ccc(OC)c(NC(=O)CCc2oc(C(C)(C)C)nc2C)c1. The topological polar surface area (TPSA) is 73.6 Å². The molecule has 0 saturated carbocycles. The highest BCUT2D eigenvalue weighted by Crippen LogP contribution is 2.29. The number of aromatic nitrogens is 1. The van der Waals surface area contributed by atoms with Gasteiger partial charge in [0.2, 0.25) is 5.91 Å². The summed E-state index contributed by atoms with van der Waals surface area (Å²) in [4.78, 5) is 16.8. The van der Waals surface area contributed by atoms with Crippen LogP contribution in [0.25, 0.3) is 0 Å². The van der Waals surface area contributed by atoms with Gasteiger partial charge in [-0.25, -0.2) is 4.98 Å². The minimum atomic E-state index is -0.154. The van der Waals surface area contributed by atoms with Crippen LogP contribution >= 0.6 is 0 Å². The van der Waals surface area contributed by atoms with Gasteiger partial charge in [0.1, 0.15) is 17.3 Å². The van der Waals surface area contributed by atoms with Crippen LogP contribution in [0, 0.1) is 6.92 Å². The molecule has 0 radical (unpaired) electrons. The van der Waals surface area contributed by atoms with E-state index in [0.717, 1.165) is 11.5 Å². The van der Waals surface area contributed by atoms with Gasteiger partial charge in [-0.15, -0.1) is 0 Å². The summed E-state index contributed by atoms with van der Waals surface area (Å²) in [5, 5.41) is 2.86. The fourth-order valence-corrected chi connectivity index (χ4v) is 2.33. The molecule has 1 aromatic carbocycles. The molecular formula is C19H26N2O4. The molecule has 0 aliphatic carbocycles. The molecule has 0 fully saturated rings. The van der Waals surface area contributed by atoms with Gasteiger partial charge >= 0.3 is 0 Å². The van der Waals surface area contributed by atoms with Crippen molar-refractivity contribution in [2.45, 2.75) is 46.0 Å². The van der Waals surface area contributed by atoms with E-state index in [2.05, 4.69) is 10.3 Å². The molecule has 0 aliphatic rings. The molecule has 0 saturated heterocycles. The van der Waals surface area contributed by atoms with Crippen molar-refractivity contribution in [3.8, 4) is 11.5 Å². The average molecular weight is 346 g/mol. The number of hydrogen-bond acceptors (Lipinski definition) is 5. The van der Waals surface area contributed by atoms with Gasteiger partial charge in [0.25, 0.3) is 0 Å². The Morgan fingerprint density at radius 3 is 2.52 bits per heavy atom. The molecule has 1 N–H and O–H groups in total. The molecule has 0 atom stereocenters. The van der Waals surface area contributed by atoms with Gasteiger partial charge in [-0.1, -0.05) is 20.8 Å². The Hall–Kier alpha value is -2.50. The molecule has 0 aliphatic heterocycles. The number of rotatable bonds is 6. The van der Waals surface area contributed by atoms with Crippen LogP contribution in [-0.2, 0) is 16.6 Å². The van der Waals surface area contributed by atoms with Crippen LogP contribution in [-0.4, -0.2) is 25.1 Å². The van der Waals surface area contributed by atoms with Crippen LogP contribution in [0.15, 0.2) is 22.6 Å². The van der Waals surface area contributed by atoms with Crippen molar-refractivity contribution in [1.29, 1.82) is 0 Å². The third-order valence-corrected chi connectivity index (χ3v) is 3.79. The first kappa shape index (κ1) is 18.8. The average Bonchev–Trinajstić information content (AvgIpc) is 2.94. The van der Waals surface area contributed by atoms with Crippen LogP contribution in [0.1, 0.15) is 44.5 Å². The number of benzene rings is 1. The van der Waals surface area contributed by atoms with Gasteiger partial charge in [-0.3, -0.25) is 4.79 Å². The molecule has 6 nitrogen and oxygen atoms in total. The van der Waals surface area contributed by atoms with Crippen LogP contribution in [0.3, 0.4) is 0 Å². The highest BCUT2D eigenvalue weighted by molar-refractivity contribution is 5.92. The van der Waals surface area contributed by atoms with E-state index in [4.69, 9.17) is 13.9 Å². The summed E-state index contributed by atoms with van der Waals surface area (Å²) < 4.78 is 16.3. The quantitative estimate of drug-likeness (QED) is 0.859. The van der Waals surface area contributed by atoms with E-state index in [-0.39, 0.29) is 11.3 Å². The van der Waals surface area contributed by atoms with E-state index < -0.39 is 0 Å². The van der Waals surface area contributed by atoms with E-state index >= 15 is 0 Å². The predicted octanol–water partition coefficient (Wildman–Crippen LogP) is 3.87. The molecule has 0 spiro atoms. The summed E-state index contributed by atoms with van der Waals surface area (Å²) in [5.74, 6) is 2.55. The maximum Gasteiger partial charge on any atom is 0.224 e. The molecule has 25 heavy (non-hydrogen) atoms. The molecule has 1 heterocycles. The van der Waals surface area contributed by atoms with Gasteiger partial charge in [-0.2, -0.15) is 0 Å². The van der Waals surface area contributed by atoms with E-state index in [9.17, 15) is 4.79 Å². The second-order valence-corrected chi connectivity index (χ2v) is 6.89. The molecular weight excluding hydrogens is 320 g/mol. The molecule has 2 aromatic rings. The van der Waals surface area contributed by atoms with Crippen molar-refractivity contribution in [3.05, 3.63) is 35.5 Å². The van der Waals surface area contributed by atoms with E-state index in [0.29, 0.717) is 35.9 Å². The summed E-state index contributed by atoms with van der Waals surface area (Å²) in [6.07, 6.45) is 0.785. The van der Waals surface area contributed by atoms with E-state index in [1.165, 1.54) is 0 Å². The number of nitrogens with one attached hydrogen (secondary N) is 1. The monoisotopic (exact) mass is 346 g/mol. The highest BCUT2D eigenvalue weighted by atomic mass is 16.5. The number of aryl methyl sites for hydroxylation is 2. The lowest BCUT2D eigenvalue weighted by Gasteiger charge is -2.12. The number of ether oxygens (including phenoxy) is 2. The third kappa shape index (κ3) is 4.75. The molecule has 0 unspecified atom stereocenters. The van der Waals surface area contributed by atoms with Crippen molar-refractivity contribution in [2.24, 2.45) is 0 Å². The Kier molecular flexibility index (Phi) is 5.72. The maximum absolute atomic E-state index is 12.3. The summed E-state index contributed by atoms with van der Waals surface area (Å²) in [6, 6.07) is 5.26.